The summed E-state index contributed by atoms with van der Waals surface area (Å²) in [7, 11) is 0. The van der Waals surface area contributed by atoms with Crippen molar-refractivity contribution in [3.63, 3.8) is 0 Å². The van der Waals surface area contributed by atoms with Crippen LogP contribution in [0.25, 0.3) is 0 Å². The lowest BCUT2D eigenvalue weighted by molar-refractivity contribution is -0.122. The Morgan fingerprint density at radius 3 is 2.58 bits per heavy atom. The fourth-order valence-corrected chi connectivity index (χ4v) is 2.30. The molecule has 2 fully saturated rings. The highest BCUT2D eigenvalue weighted by Gasteiger charge is 2.32. The van der Waals surface area contributed by atoms with Crippen molar-refractivity contribution in [1.82, 2.24) is 5.32 Å². The molecular formula is C10H17NO. The number of piperidine rings is 1. The van der Waals surface area contributed by atoms with E-state index in [-0.39, 0.29) is 0 Å². The van der Waals surface area contributed by atoms with E-state index in [9.17, 15) is 4.79 Å². The predicted octanol–water partition coefficient (Wildman–Crippen LogP) is 1.50. The van der Waals surface area contributed by atoms with Gasteiger partial charge in [0.25, 0.3) is 0 Å². The summed E-state index contributed by atoms with van der Waals surface area (Å²) >= 11 is 0. The van der Waals surface area contributed by atoms with Gasteiger partial charge in [-0.15, -0.1) is 0 Å². The van der Waals surface area contributed by atoms with Crippen LogP contribution in [0.15, 0.2) is 0 Å². The molecule has 12 heavy (non-hydrogen) atoms. The van der Waals surface area contributed by atoms with Gasteiger partial charge in [-0.3, -0.25) is 4.79 Å². The number of ketones is 1. The van der Waals surface area contributed by atoms with Gasteiger partial charge >= 0.3 is 0 Å². The molecule has 2 rings (SSSR count). The number of Topliss-reactive ketones (excluding diaryl/α,β-unsaturated/α-hetero) is 1. The number of hydrogen-bond donors (Lipinski definition) is 1. The molecule has 1 N–H and O–H groups in total. The van der Waals surface area contributed by atoms with E-state index in [1.54, 1.807) is 0 Å². The monoisotopic (exact) mass is 167 g/mol. The highest BCUT2D eigenvalue weighted by molar-refractivity contribution is 5.80. The number of rotatable bonds is 1. The maximum atomic E-state index is 11.3. The lowest BCUT2D eigenvalue weighted by Gasteiger charge is -2.38. The van der Waals surface area contributed by atoms with Crippen molar-refractivity contribution >= 4 is 5.78 Å². The SMILES string of the molecule is CC1CC(=O)CC(C2CCC2)N1. The Hall–Kier alpha value is -0.370. The van der Waals surface area contributed by atoms with Gasteiger partial charge < -0.3 is 5.32 Å². The van der Waals surface area contributed by atoms with Crippen molar-refractivity contribution in [3.8, 4) is 0 Å². The number of nitrogens with one attached hydrogen (secondary N) is 1. The summed E-state index contributed by atoms with van der Waals surface area (Å²) in [6.45, 7) is 2.11. The minimum atomic E-state index is 0.414. The molecule has 0 aromatic heterocycles. The fraction of sp³-hybridized carbons (Fsp3) is 0.900. The Morgan fingerprint density at radius 1 is 1.33 bits per heavy atom. The molecule has 0 radical (unpaired) electrons. The van der Waals surface area contributed by atoms with Gasteiger partial charge in [-0.25, -0.2) is 0 Å². The van der Waals surface area contributed by atoms with Crippen LogP contribution in [0, 0.1) is 5.92 Å². The van der Waals surface area contributed by atoms with Crippen molar-refractivity contribution in [2.24, 2.45) is 5.92 Å². The van der Waals surface area contributed by atoms with E-state index >= 15 is 0 Å². The molecule has 2 atom stereocenters. The van der Waals surface area contributed by atoms with Crippen LogP contribution >= 0.6 is 0 Å². The Balaban J connectivity index is 1.92. The largest absolute Gasteiger partial charge is 0.310 e. The molecule has 2 heteroatoms. The maximum absolute atomic E-state index is 11.3. The van der Waals surface area contributed by atoms with Gasteiger partial charge in [-0.1, -0.05) is 6.42 Å². The number of hydrogen-bond acceptors (Lipinski definition) is 2. The molecular weight excluding hydrogens is 150 g/mol. The smallest absolute Gasteiger partial charge is 0.136 e. The molecule has 1 aliphatic heterocycles. The minimum Gasteiger partial charge on any atom is -0.310 e. The first kappa shape index (κ1) is 8.24. The lowest BCUT2D eigenvalue weighted by Crippen LogP contribution is -2.49. The molecule has 1 aliphatic carbocycles. The van der Waals surface area contributed by atoms with Crippen molar-refractivity contribution in [2.45, 2.75) is 51.1 Å². The van der Waals surface area contributed by atoms with E-state index in [1.807, 2.05) is 0 Å². The molecule has 1 saturated heterocycles. The molecule has 0 aromatic rings. The summed E-state index contributed by atoms with van der Waals surface area (Å²) in [6.07, 6.45) is 5.55. The fourth-order valence-electron chi connectivity index (χ4n) is 2.30. The highest BCUT2D eigenvalue weighted by atomic mass is 16.1. The van der Waals surface area contributed by atoms with Crippen LogP contribution in [0.3, 0.4) is 0 Å². The van der Waals surface area contributed by atoms with Crippen LogP contribution in [0.1, 0.15) is 39.0 Å². The molecule has 0 spiro atoms. The average Bonchev–Trinajstić information content (AvgIpc) is 1.79. The van der Waals surface area contributed by atoms with Crippen molar-refractivity contribution in [1.29, 1.82) is 0 Å². The summed E-state index contributed by atoms with van der Waals surface area (Å²) in [4.78, 5) is 11.3. The quantitative estimate of drug-likeness (QED) is 0.641. The second kappa shape index (κ2) is 3.17. The maximum Gasteiger partial charge on any atom is 0.136 e. The molecule has 2 unspecified atom stereocenters. The van der Waals surface area contributed by atoms with Crippen LogP contribution in [-0.4, -0.2) is 17.9 Å². The van der Waals surface area contributed by atoms with Gasteiger partial charge in [0.2, 0.25) is 0 Å². The third-order valence-electron chi connectivity index (χ3n) is 3.20. The van der Waals surface area contributed by atoms with E-state index in [0.717, 1.165) is 18.8 Å². The molecule has 68 valence electrons. The summed E-state index contributed by atoms with van der Waals surface area (Å²) in [5, 5.41) is 3.53. The molecule has 1 saturated carbocycles. The highest BCUT2D eigenvalue weighted by Crippen LogP contribution is 2.32. The van der Waals surface area contributed by atoms with Crippen molar-refractivity contribution in [3.05, 3.63) is 0 Å². The predicted molar refractivity (Wildman–Crippen MR) is 48.0 cm³/mol. The summed E-state index contributed by atoms with van der Waals surface area (Å²) in [6, 6.07) is 0.923. The van der Waals surface area contributed by atoms with Gasteiger partial charge in [0.05, 0.1) is 0 Å². The van der Waals surface area contributed by atoms with E-state index in [0.29, 0.717) is 17.9 Å². The Morgan fingerprint density at radius 2 is 2.08 bits per heavy atom. The van der Waals surface area contributed by atoms with E-state index in [4.69, 9.17) is 0 Å². The molecule has 2 nitrogen and oxygen atoms in total. The third-order valence-corrected chi connectivity index (χ3v) is 3.20. The molecule has 0 aromatic carbocycles. The van der Waals surface area contributed by atoms with Crippen LogP contribution in [0.5, 0.6) is 0 Å². The van der Waals surface area contributed by atoms with Gasteiger partial charge in [0.1, 0.15) is 5.78 Å². The van der Waals surface area contributed by atoms with Crippen LogP contribution < -0.4 is 5.32 Å². The Labute approximate surface area is 73.7 Å². The zero-order chi connectivity index (χ0) is 8.55. The number of carbonyl (C=O) groups is 1. The third kappa shape index (κ3) is 1.53. The van der Waals surface area contributed by atoms with Gasteiger partial charge in [0, 0.05) is 24.9 Å². The van der Waals surface area contributed by atoms with Crippen LogP contribution in [0.4, 0.5) is 0 Å². The van der Waals surface area contributed by atoms with E-state index < -0.39 is 0 Å². The van der Waals surface area contributed by atoms with Crippen molar-refractivity contribution < 1.29 is 4.79 Å². The zero-order valence-electron chi connectivity index (χ0n) is 7.68. The minimum absolute atomic E-state index is 0.414. The molecule has 0 amide bonds. The van der Waals surface area contributed by atoms with Crippen molar-refractivity contribution in [2.75, 3.05) is 0 Å². The van der Waals surface area contributed by atoms with E-state index in [2.05, 4.69) is 12.2 Å². The first-order valence-electron chi connectivity index (χ1n) is 5.03. The summed E-state index contributed by atoms with van der Waals surface area (Å²) < 4.78 is 0. The first-order valence-corrected chi connectivity index (χ1v) is 5.03. The molecule has 0 bridgehead atoms. The van der Waals surface area contributed by atoms with Gasteiger partial charge in [0.15, 0.2) is 0 Å². The number of carbonyl (C=O) groups excluding carboxylic acids is 1. The summed E-state index contributed by atoms with van der Waals surface area (Å²) in [5.74, 6) is 1.26. The zero-order valence-corrected chi connectivity index (χ0v) is 7.68. The summed E-state index contributed by atoms with van der Waals surface area (Å²) in [5.41, 5.74) is 0. The molecule has 1 heterocycles. The standard InChI is InChI=1S/C10H17NO/c1-7-5-9(12)6-10(11-7)8-3-2-4-8/h7-8,10-11H,2-6H2,1H3. The Kier molecular flexibility index (Phi) is 2.18. The normalized spacial score (nSPS) is 37.9. The van der Waals surface area contributed by atoms with E-state index in [1.165, 1.54) is 19.3 Å². The lowest BCUT2D eigenvalue weighted by atomic mass is 9.76. The topological polar surface area (TPSA) is 29.1 Å². The second-order valence-electron chi connectivity index (χ2n) is 4.31. The Bertz CT molecular complexity index is 186. The average molecular weight is 167 g/mol. The first-order chi connectivity index (χ1) is 5.75. The van der Waals surface area contributed by atoms with Gasteiger partial charge in [-0.05, 0) is 25.7 Å². The van der Waals surface area contributed by atoms with Gasteiger partial charge in [-0.2, -0.15) is 0 Å². The molecule has 2 aliphatic rings. The second-order valence-corrected chi connectivity index (χ2v) is 4.31. The van der Waals surface area contributed by atoms with Crippen LogP contribution in [0.2, 0.25) is 0 Å². The van der Waals surface area contributed by atoms with Crippen LogP contribution in [-0.2, 0) is 4.79 Å².